The van der Waals surface area contributed by atoms with Crippen molar-refractivity contribution in [3.8, 4) is 0 Å². The highest BCUT2D eigenvalue weighted by Crippen LogP contribution is 2.51. The fraction of sp³-hybridized carbons (Fsp3) is 0.364. The van der Waals surface area contributed by atoms with E-state index in [0.29, 0.717) is 0 Å². The van der Waals surface area contributed by atoms with Crippen molar-refractivity contribution in [2.24, 2.45) is 0 Å². The van der Waals surface area contributed by atoms with E-state index in [0.717, 1.165) is 43.9 Å². The largest absolute Gasteiger partial charge is 0.352 e. The molecule has 0 atom stereocenters. The highest BCUT2D eigenvalue weighted by molar-refractivity contribution is 6.31. The fourth-order valence-corrected chi connectivity index (χ4v) is 4.81. The topological polar surface area (TPSA) is 34.0 Å². The summed E-state index contributed by atoms with van der Waals surface area (Å²) >= 11 is 6.58. The summed E-state index contributed by atoms with van der Waals surface area (Å²) < 4.78 is 2.19. The van der Waals surface area contributed by atoms with Gasteiger partial charge in [-0.2, -0.15) is 5.10 Å². The summed E-state index contributed by atoms with van der Waals surface area (Å²) in [7, 11) is 0. The Balaban J connectivity index is 1.52. The van der Waals surface area contributed by atoms with Crippen LogP contribution in [0.3, 0.4) is 0 Å². The molecule has 0 N–H and O–H groups in total. The third kappa shape index (κ3) is 2.83. The molecule has 5 heteroatoms. The lowest BCUT2D eigenvalue weighted by Gasteiger charge is -2.41. The number of anilines is 1. The summed E-state index contributed by atoms with van der Waals surface area (Å²) in [5, 5.41) is 5.92. The number of hydrogen-bond acceptors (Lipinski definition) is 3. The second-order valence-electron chi connectivity index (χ2n) is 7.66. The summed E-state index contributed by atoms with van der Waals surface area (Å²) in [6.45, 7) is 2.94. The van der Waals surface area contributed by atoms with E-state index in [-0.39, 0.29) is 5.41 Å². The number of hydrogen-bond donors (Lipinski definition) is 0. The van der Waals surface area contributed by atoms with Crippen molar-refractivity contribution in [1.29, 1.82) is 0 Å². The van der Waals surface area contributed by atoms with Crippen molar-refractivity contribution in [1.82, 2.24) is 14.8 Å². The molecule has 2 aliphatic rings. The molecule has 1 aliphatic heterocycles. The molecule has 0 radical (unpaired) electrons. The molecular weight excluding hydrogens is 356 g/mol. The van der Waals surface area contributed by atoms with E-state index in [4.69, 9.17) is 16.7 Å². The maximum Gasteiger partial charge on any atom is 0.127 e. The number of benzene rings is 1. The minimum Gasteiger partial charge on any atom is -0.352 e. The molecule has 3 aromatic rings. The molecule has 138 valence electrons. The normalized spacial score (nSPS) is 18.0. The van der Waals surface area contributed by atoms with E-state index in [2.05, 4.69) is 44.9 Å². The lowest BCUT2D eigenvalue weighted by molar-refractivity contribution is 0.290. The molecular formula is C22H23ClN4. The van der Waals surface area contributed by atoms with Crippen LogP contribution in [-0.2, 0) is 18.5 Å². The zero-order valence-corrected chi connectivity index (χ0v) is 16.1. The zero-order valence-electron chi connectivity index (χ0n) is 15.3. The van der Waals surface area contributed by atoms with Crippen molar-refractivity contribution in [3.63, 3.8) is 0 Å². The van der Waals surface area contributed by atoms with Crippen molar-refractivity contribution < 1.29 is 0 Å². The minimum absolute atomic E-state index is 0.0228. The van der Waals surface area contributed by atoms with Gasteiger partial charge in [0.15, 0.2) is 0 Å². The Hall–Kier alpha value is -2.33. The highest BCUT2D eigenvalue weighted by atomic mass is 35.5. The molecule has 2 aromatic heterocycles. The third-order valence-electron chi connectivity index (χ3n) is 6.09. The standard InChI is InChI=1S/C22H23ClN4/c23-19-6-2-1-5-18(19)22(9-3-10-22)20-15-21-26(13-4-14-27(21)25-20)16-17-7-11-24-12-8-17/h1-2,5-8,11-12,15H,3-4,9-10,13-14,16H2. The van der Waals surface area contributed by atoms with Crippen molar-refractivity contribution >= 4 is 17.4 Å². The van der Waals surface area contributed by atoms with Gasteiger partial charge in [-0.1, -0.05) is 36.2 Å². The van der Waals surface area contributed by atoms with Crippen LogP contribution in [0.2, 0.25) is 5.02 Å². The number of aryl methyl sites for hydroxylation is 1. The van der Waals surface area contributed by atoms with Crippen LogP contribution in [0.1, 0.15) is 42.5 Å². The van der Waals surface area contributed by atoms with Gasteiger partial charge in [0.05, 0.1) is 5.69 Å². The zero-order chi connectivity index (χ0) is 18.3. The van der Waals surface area contributed by atoms with Gasteiger partial charge in [-0.05, 0) is 48.6 Å². The predicted octanol–water partition coefficient (Wildman–Crippen LogP) is 4.81. The monoisotopic (exact) mass is 378 g/mol. The summed E-state index contributed by atoms with van der Waals surface area (Å²) in [4.78, 5) is 6.57. The average Bonchev–Trinajstić information content (AvgIpc) is 3.09. The van der Waals surface area contributed by atoms with Crippen molar-refractivity contribution in [2.45, 2.75) is 44.2 Å². The van der Waals surface area contributed by atoms with E-state index >= 15 is 0 Å². The smallest absolute Gasteiger partial charge is 0.127 e. The van der Waals surface area contributed by atoms with Crippen LogP contribution in [0.15, 0.2) is 54.9 Å². The SMILES string of the molecule is Clc1ccccc1C1(c2cc3n(n2)CCCN3Cc2ccncc2)CCC1. The molecule has 5 rings (SSSR count). The van der Waals surface area contributed by atoms with Crippen molar-refractivity contribution in [3.05, 3.63) is 76.7 Å². The first kappa shape index (κ1) is 16.8. The highest BCUT2D eigenvalue weighted by Gasteiger charge is 2.44. The van der Waals surface area contributed by atoms with Crippen LogP contribution in [0.25, 0.3) is 0 Å². The maximum absolute atomic E-state index is 6.58. The fourth-order valence-electron chi connectivity index (χ4n) is 4.50. The number of rotatable bonds is 4. The molecule has 3 heterocycles. The van der Waals surface area contributed by atoms with Crippen LogP contribution in [-0.4, -0.2) is 21.3 Å². The third-order valence-corrected chi connectivity index (χ3v) is 6.42. The molecule has 1 aromatic carbocycles. The second-order valence-corrected chi connectivity index (χ2v) is 8.06. The van der Waals surface area contributed by atoms with Crippen LogP contribution in [0.4, 0.5) is 5.82 Å². The number of nitrogens with zero attached hydrogens (tertiary/aromatic N) is 4. The molecule has 0 saturated heterocycles. The van der Waals surface area contributed by atoms with Gasteiger partial charge in [0.2, 0.25) is 0 Å². The molecule has 4 nitrogen and oxygen atoms in total. The van der Waals surface area contributed by atoms with E-state index in [1.54, 1.807) is 0 Å². The molecule has 1 saturated carbocycles. The van der Waals surface area contributed by atoms with Crippen LogP contribution < -0.4 is 4.90 Å². The first-order valence-electron chi connectivity index (χ1n) is 9.73. The van der Waals surface area contributed by atoms with E-state index in [9.17, 15) is 0 Å². The van der Waals surface area contributed by atoms with Crippen LogP contribution in [0.5, 0.6) is 0 Å². The lowest BCUT2D eigenvalue weighted by atomic mass is 9.62. The number of fused-ring (bicyclic) bond motifs is 1. The van der Waals surface area contributed by atoms with Gasteiger partial charge < -0.3 is 4.90 Å². The van der Waals surface area contributed by atoms with E-state index < -0.39 is 0 Å². The lowest BCUT2D eigenvalue weighted by Crippen LogP contribution is -2.36. The van der Waals surface area contributed by atoms with Gasteiger partial charge in [-0.3, -0.25) is 4.98 Å². The Labute approximate surface area is 164 Å². The van der Waals surface area contributed by atoms with Gasteiger partial charge in [-0.25, -0.2) is 4.68 Å². The van der Waals surface area contributed by atoms with Gasteiger partial charge in [0, 0.05) is 48.5 Å². The second kappa shape index (κ2) is 6.68. The minimum atomic E-state index is -0.0228. The van der Waals surface area contributed by atoms with Gasteiger partial charge in [0.25, 0.3) is 0 Å². The van der Waals surface area contributed by atoms with Gasteiger partial charge in [0.1, 0.15) is 5.82 Å². The Morgan fingerprint density at radius 2 is 1.81 bits per heavy atom. The van der Waals surface area contributed by atoms with Gasteiger partial charge in [-0.15, -0.1) is 0 Å². The molecule has 0 bridgehead atoms. The quantitative estimate of drug-likeness (QED) is 0.653. The van der Waals surface area contributed by atoms with Crippen LogP contribution >= 0.6 is 11.6 Å². The number of aromatic nitrogens is 3. The molecule has 1 aliphatic carbocycles. The molecule has 0 spiro atoms. The van der Waals surface area contributed by atoms with Gasteiger partial charge >= 0.3 is 0 Å². The maximum atomic E-state index is 6.58. The molecule has 0 unspecified atom stereocenters. The molecule has 1 fully saturated rings. The first-order valence-corrected chi connectivity index (χ1v) is 10.1. The van der Waals surface area contributed by atoms with E-state index in [1.165, 1.54) is 29.1 Å². The van der Waals surface area contributed by atoms with Crippen LogP contribution in [0, 0.1) is 0 Å². The summed E-state index contributed by atoms with van der Waals surface area (Å²) in [6, 6.07) is 14.8. The average molecular weight is 379 g/mol. The Bertz CT molecular complexity index is 946. The first-order chi connectivity index (χ1) is 13.3. The van der Waals surface area contributed by atoms with E-state index in [1.807, 2.05) is 24.5 Å². The Morgan fingerprint density at radius 3 is 2.56 bits per heavy atom. The predicted molar refractivity (Wildman–Crippen MR) is 108 cm³/mol. The number of halogens is 1. The Kier molecular flexibility index (Phi) is 4.16. The Morgan fingerprint density at radius 1 is 1.00 bits per heavy atom. The molecule has 0 amide bonds. The summed E-state index contributed by atoms with van der Waals surface area (Å²) in [6.07, 6.45) is 8.33. The summed E-state index contributed by atoms with van der Waals surface area (Å²) in [5.41, 5.74) is 3.67. The summed E-state index contributed by atoms with van der Waals surface area (Å²) in [5.74, 6) is 1.23. The number of pyridine rings is 1. The van der Waals surface area contributed by atoms with Crippen molar-refractivity contribution in [2.75, 3.05) is 11.4 Å². The molecule has 27 heavy (non-hydrogen) atoms.